The van der Waals surface area contributed by atoms with Crippen LogP contribution in [-0.2, 0) is 22.7 Å². The number of carbonyl (C=O) groups is 1. The second-order valence-electron chi connectivity index (χ2n) is 7.84. The molecule has 0 saturated carbocycles. The number of nitrogens with one attached hydrogen (secondary N) is 1. The van der Waals surface area contributed by atoms with E-state index in [1.807, 2.05) is 12.3 Å². The molecule has 1 unspecified atom stereocenters. The van der Waals surface area contributed by atoms with Gasteiger partial charge in [0, 0.05) is 24.7 Å². The topological polar surface area (TPSA) is 79.4 Å². The van der Waals surface area contributed by atoms with Gasteiger partial charge in [0.05, 0.1) is 11.5 Å². The van der Waals surface area contributed by atoms with Crippen molar-refractivity contribution in [3.63, 3.8) is 0 Å². The van der Waals surface area contributed by atoms with Gasteiger partial charge in [0.25, 0.3) is 0 Å². The predicted molar refractivity (Wildman–Crippen MR) is 96.4 cm³/mol. The van der Waals surface area contributed by atoms with Crippen LogP contribution in [0.5, 0.6) is 0 Å². The fraction of sp³-hybridized carbons (Fsp3) is 0.667. The zero-order valence-electron chi connectivity index (χ0n) is 14.5. The molecule has 3 heterocycles. The third-order valence-corrected chi connectivity index (χ3v) is 7.76. The molecule has 0 radical (unpaired) electrons. The van der Waals surface area contributed by atoms with Gasteiger partial charge in [-0.3, -0.25) is 5.32 Å². The summed E-state index contributed by atoms with van der Waals surface area (Å²) >= 11 is 0. The molecule has 0 aromatic carbocycles. The first-order valence-electron chi connectivity index (χ1n) is 9.19. The van der Waals surface area contributed by atoms with Crippen molar-refractivity contribution in [2.24, 2.45) is 5.41 Å². The van der Waals surface area contributed by atoms with Crippen LogP contribution in [0.15, 0.2) is 12.3 Å². The summed E-state index contributed by atoms with van der Waals surface area (Å²) in [5.74, 6) is 1.08. The molecule has 1 N–H and O–H groups in total. The van der Waals surface area contributed by atoms with E-state index in [1.165, 1.54) is 24.0 Å². The number of amides is 2. The molecule has 1 aromatic heterocycles. The predicted octanol–water partition coefficient (Wildman–Crippen LogP) is 2.39. The first-order chi connectivity index (χ1) is 11.9. The average molecular weight is 363 g/mol. The summed E-state index contributed by atoms with van der Waals surface area (Å²) in [6.07, 6.45) is 8.83. The van der Waals surface area contributed by atoms with E-state index in [0.29, 0.717) is 25.3 Å². The summed E-state index contributed by atoms with van der Waals surface area (Å²) in [6, 6.07) is 1.83. The largest absolute Gasteiger partial charge is 0.324 e. The van der Waals surface area contributed by atoms with Gasteiger partial charge in [0.2, 0.25) is 0 Å². The van der Waals surface area contributed by atoms with Crippen molar-refractivity contribution < 1.29 is 13.2 Å². The van der Waals surface area contributed by atoms with E-state index in [0.717, 1.165) is 25.7 Å². The van der Waals surface area contributed by atoms with Crippen LogP contribution in [0.4, 0.5) is 10.6 Å². The van der Waals surface area contributed by atoms with Gasteiger partial charge in [-0.25, -0.2) is 18.2 Å². The number of carbonyl (C=O) groups excluding carboxylic acids is 1. The highest BCUT2D eigenvalue weighted by Crippen LogP contribution is 2.40. The molecule has 4 rings (SSSR count). The number of aromatic nitrogens is 1. The van der Waals surface area contributed by atoms with Crippen molar-refractivity contribution in [2.75, 3.05) is 29.9 Å². The number of hydrogen-bond acceptors (Lipinski definition) is 4. The van der Waals surface area contributed by atoms with Crippen LogP contribution < -0.4 is 5.32 Å². The second kappa shape index (κ2) is 6.27. The van der Waals surface area contributed by atoms with E-state index in [9.17, 15) is 13.2 Å². The maximum absolute atomic E-state index is 12.7. The summed E-state index contributed by atoms with van der Waals surface area (Å²) in [6.45, 7) is 1.21. The van der Waals surface area contributed by atoms with E-state index < -0.39 is 9.84 Å². The van der Waals surface area contributed by atoms with Crippen molar-refractivity contribution in [3.8, 4) is 0 Å². The van der Waals surface area contributed by atoms with Crippen molar-refractivity contribution in [1.82, 2.24) is 9.88 Å². The van der Waals surface area contributed by atoms with Crippen molar-refractivity contribution in [3.05, 3.63) is 23.4 Å². The highest BCUT2D eigenvalue weighted by molar-refractivity contribution is 7.91. The van der Waals surface area contributed by atoms with Gasteiger partial charge in [-0.1, -0.05) is 0 Å². The zero-order valence-corrected chi connectivity index (χ0v) is 15.3. The van der Waals surface area contributed by atoms with Gasteiger partial charge in [-0.05, 0) is 62.1 Å². The summed E-state index contributed by atoms with van der Waals surface area (Å²) in [4.78, 5) is 18.8. The van der Waals surface area contributed by atoms with Crippen LogP contribution in [0.1, 0.15) is 43.2 Å². The Hall–Kier alpha value is -1.63. The van der Waals surface area contributed by atoms with Crippen LogP contribution >= 0.6 is 0 Å². The number of urea groups is 1. The lowest BCUT2D eigenvalue weighted by molar-refractivity contribution is 0.129. The Kier molecular flexibility index (Phi) is 4.22. The molecule has 1 aliphatic carbocycles. The van der Waals surface area contributed by atoms with E-state index in [1.54, 1.807) is 4.90 Å². The number of aryl methyl sites for hydroxylation is 2. The average Bonchev–Trinajstić information content (AvgIpc) is 2.89. The van der Waals surface area contributed by atoms with E-state index in [4.69, 9.17) is 0 Å². The first kappa shape index (κ1) is 16.8. The second-order valence-corrected chi connectivity index (χ2v) is 10.0. The van der Waals surface area contributed by atoms with E-state index >= 15 is 0 Å². The molecule has 1 aromatic rings. The summed E-state index contributed by atoms with van der Waals surface area (Å²) < 4.78 is 23.8. The Morgan fingerprint density at radius 1 is 1.16 bits per heavy atom. The number of pyridine rings is 1. The molecule has 1 atom stereocenters. The molecular weight excluding hydrogens is 338 g/mol. The maximum Gasteiger partial charge on any atom is 0.323 e. The zero-order chi connectivity index (χ0) is 17.5. The molecule has 2 saturated heterocycles. The Balaban J connectivity index is 1.44. The van der Waals surface area contributed by atoms with Crippen LogP contribution in [0, 0.1) is 5.41 Å². The molecule has 2 fully saturated rings. The normalized spacial score (nSPS) is 27.9. The Morgan fingerprint density at radius 3 is 2.72 bits per heavy atom. The van der Waals surface area contributed by atoms with Gasteiger partial charge >= 0.3 is 6.03 Å². The minimum absolute atomic E-state index is 0.161. The number of anilines is 1. The number of hydrogen-bond donors (Lipinski definition) is 1. The highest BCUT2D eigenvalue weighted by atomic mass is 32.2. The van der Waals surface area contributed by atoms with Crippen LogP contribution in [0.25, 0.3) is 0 Å². The standard InChI is InChI=1S/C18H25N3O3S/c22-17(20-16-10-14-4-1-2-5-15(14)11-19-16)21-8-3-6-18(12-21)7-9-25(23,24)13-18/h10-11H,1-9,12-13H2,(H,19,20,22). The summed E-state index contributed by atoms with van der Waals surface area (Å²) in [7, 11) is -2.94. The van der Waals surface area contributed by atoms with Gasteiger partial charge in [0.15, 0.2) is 9.84 Å². The summed E-state index contributed by atoms with van der Waals surface area (Å²) in [5.41, 5.74) is 2.34. The maximum atomic E-state index is 12.7. The molecule has 6 nitrogen and oxygen atoms in total. The smallest absolute Gasteiger partial charge is 0.323 e. The molecule has 2 amide bonds. The van der Waals surface area contributed by atoms with E-state index in [-0.39, 0.29) is 23.0 Å². The van der Waals surface area contributed by atoms with E-state index in [2.05, 4.69) is 10.3 Å². The van der Waals surface area contributed by atoms with Crippen LogP contribution in [0.3, 0.4) is 0 Å². The van der Waals surface area contributed by atoms with Gasteiger partial charge in [0.1, 0.15) is 5.82 Å². The molecule has 3 aliphatic rings. The lowest BCUT2D eigenvalue weighted by Crippen LogP contribution is -2.48. The number of piperidine rings is 1. The SMILES string of the molecule is O=C(Nc1cc2c(cn1)CCCC2)N1CCCC2(CCS(=O)(=O)C2)C1. The lowest BCUT2D eigenvalue weighted by Gasteiger charge is -2.39. The number of fused-ring (bicyclic) bond motifs is 1. The molecule has 25 heavy (non-hydrogen) atoms. The molecule has 7 heteroatoms. The van der Waals surface area contributed by atoms with Gasteiger partial charge < -0.3 is 4.90 Å². The third-order valence-electron chi connectivity index (χ3n) is 5.88. The minimum Gasteiger partial charge on any atom is -0.324 e. The number of likely N-dealkylation sites (tertiary alicyclic amines) is 1. The quantitative estimate of drug-likeness (QED) is 0.831. The number of sulfone groups is 1. The number of rotatable bonds is 1. The van der Waals surface area contributed by atoms with Crippen molar-refractivity contribution in [2.45, 2.75) is 44.9 Å². The molecule has 2 aliphatic heterocycles. The van der Waals surface area contributed by atoms with Gasteiger partial charge in [-0.2, -0.15) is 0 Å². The monoisotopic (exact) mass is 363 g/mol. The fourth-order valence-electron chi connectivity index (χ4n) is 4.56. The lowest BCUT2D eigenvalue weighted by atomic mass is 9.80. The van der Waals surface area contributed by atoms with Crippen molar-refractivity contribution in [1.29, 1.82) is 0 Å². The first-order valence-corrected chi connectivity index (χ1v) is 11.0. The Bertz CT molecular complexity index is 793. The highest BCUT2D eigenvalue weighted by Gasteiger charge is 2.45. The van der Waals surface area contributed by atoms with Crippen LogP contribution in [0.2, 0.25) is 0 Å². The Labute approximate surface area is 148 Å². The third kappa shape index (κ3) is 3.52. The van der Waals surface area contributed by atoms with Crippen molar-refractivity contribution >= 4 is 21.7 Å². The summed E-state index contributed by atoms with van der Waals surface area (Å²) in [5, 5.41) is 2.92. The molecule has 0 bridgehead atoms. The van der Waals surface area contributed by atoms with Crippen LogP contribution in [-0.4, -0.2) is 48.9 Å². The fourth-order valence-corrected chi connectivity index (χ4v) is 6.76. The Morgan fingerprint density at radius 2 is 1.96 bits per heavy atom. The molecule has 136 valence electrons. The minimum atomic E-state index is -2.94. The van der Waals surface area contributed by atoms with Gasteiger partial charge in [-0.15, -0.1) is 0 Å². The molecular formula is C18H25N3O3S. The number of nitrogens with zero attached hydrogens (tertiary/aromatic N) is 2. The molecule has 1 spiro atoms.